The van der Waals surface area contributed by atoms with E-state index in [9.17, 15) is 5.26 Å². The monoisotopic (exact) mass is 553 g/mol. The first-order valence-electron chi connectivity index (χ1n) is 13.9. The van der Waals surface area contributed by atoms with Crippen LogP contribution in [0.5, 0.6) is 34.5 Å². The Bertz CT molecular complexity index is 2300. The minimum atomic E-state index is -0.0890. The Morgan fingerprint density at radius 3 is 1.65 bits per heavy atom. The van der Waals surface area contributed by atoms with Gasteiger partial charge in [-0.15, -0.1) is 0 Å². The summed E-state index contributed by atoms with van der Waals surface area (Å²) in [5.41, 5.74) is 5.46. The molecule has 0 amide bonds. The molecule has 0 saturated carbocycles. The van der Waals surface area contributed by atoms with E-state index in [4.69, 9.17) is 19.2 Å². The number of fused-ring (bicyclic) bond motifs is 3. The number of ether oxygens (including phenoxy) is 3. The molecule has 0 unspecified atom stereocenters. The summed E-state index contributed by atoms with van der Waals surface area (Å²) in [6, 6.07) is 33.9. The van der Waals surface area contributed by atoms with E-state index in [2.05, 4.69) is 28.2 Å². The van der Waals surface area contributed by atoms with E-state index in [-0.39, 0.29) is 12.5 Å². The quantitative estimate of drug-likeness (QED) is 0.267. The molecule has 0 atom stereocenters. The molecule has 0 N–H and O–H groups in total. The van der Waals surface area contributed by atoms with Crippen molar-refractivity contribution in [2.75, 3.05) is 0 Å². The largest absolute Gasteiger partial charge is 0.458 e. The molecule has 9 heteroatoms. The van der Waals surface area contributed by atoms with Crippen LogP contribution in [-0.2, 0) is 0 Å². The second-order valence-corrected chi connectivity index (χ2v) is 10.7. The molecular formula is C34H16BN5O3. The number of para-hydroxylation sites is 2. The molecule has 0 spiro atoms. The molecule has 5 aromatic carbocycles. The summed E-state index contributed by atoms with van der Waals surface area (Å²) in [5.74, 6) is 5.07. The normalized spacial score (nSPS) is 13.1. The number of hydrogen-bond donors (Lipinski definition) is 0. The van der Waals surface area contributed by atoms with Crippen molar-refractivity contribution in [1.29, 1.82) is 5.26 Å². The van der Waals surface area contributed by atoms with Gasteiger partial charge in [-0.2, -0.15) is 20.2 Å². The molecule has 0 fully saturated rings. The van der Waals surface area contributed by atoms with Crippen LogP contribution < -0.4 is 30.6 Å². The molecule has 43 heavy (non-hydrogen) atoms. The molecule has 3 aliphatic heterocycles. The molecule has 0 radical (unpaired) electrons. The highest BCUT2D eigenvalue weighted by atomic mass is 16.5. The van der Waals surface area contributed by atoms with Gasteiger partial charge in [-0.3, -0.25) is 4.57 Å². The van der Waals surface area contributed by atoms with Gasteiger partial charge in [0.15, 0.2) is 5.82 Å². The zero-order valence-corrected chi connectivity index (χ0v) is 22.3. The number of benzene rings is 5. The third kappa shape index (κ3) is 2.96. The number of aromatic nitrogens is 4. The standard InChI is InChI=1S/C34H16BN5O3/c36-17-29-37-33(39-34(38-29)40-21-9-3-1-7-19(21)20-8-2-4-10-22(20)40)18-15-27-32-28(16-18)43-26-14-6-12-24-31(26)35(32)30-23(41-24)11-5-13-25(30)42-27/h1-16H. The SMILES string of the molecule is N#Cc1nc(-c2cc3c4c(c2)Oc2cccc5c2B4c2c(cccc2O3)O5)nc(-n2c3ccccc3c3ccccc32)n1. The Balaban J connectivity index is 1.21. The summed E-state index contributed by atoms with van der Waals surface area (Å²) in [7, 11) is 0. The van der Waals surface area contributed by atoms with Crippen LogP contribution in [-0.4, -0.2) is 26.2 Å². The summed E-state index contributed by atoms with van der Waals surface area (Å²) in [4.78, 5) is 14.0. The fraction of sp³-hybridized carbons (Fsp3) is 0. The van der Waals surface area contributed by atoms with Gasteiger partial charge in [-0.05, 0) is 48.5 Å². The molecule has 8 nitrogen and oxygen atoms in total. The van der Waals surface area contributed by atoms with Crippen molar-refractivity contribution < 1.29 is 14.2 Å². The lowest BCUT2D eigenvalue weighted by atomic mass is 9.34. The molecule has 0 aliphatic carbocycles. The number of rotatable bonds is 2. The van der Waals surface area contributed by atoms with Crippen LogP contribution in [0.25, 0.3) is 39.1 Å². The Kier molecular flexibility index (Phi) is 4.19. The second-order valence-electron chi connectivity index (χ2n) is 10.7. The molecule has 7 aromatic rings. The van der Waals surface area contributed by atoms with Crippen molar-refractivity contribution in [2.24, 2.45) is 0 Å². The molecule has 0 saturated heterocycles. The van der Waals surface area contributed by atoms with Gasteiger partial charge < -0.3 is 14.2 Å². The average molecular weight is 553 g/mol. The van der Waals surface area contributed by atoms with E-state index in [0.717, 1.165) is 61.2 Å². The first-order chi connectivity index (χ1) is 21.2. The maximum atomic E-state index is 9.97. The molecule has 10 rings (SSSR count). The zero-order chi connectivity index (χ0) is 28.2. The Morgan fingerprint density at radius 2 is 1.09 bits per heavy atom. The first kappa shape index (κ1) is 22.5. The van der Waals surface area contributed by atoms with Gasteiger partial charge in [0.25, 0.3) is 6.71 Å². The van der Waals surface area contributed by atoms with Crippen molar-refractivity contribution in [3.05, 3.63) is 103 Å². The minimum Gasteiger partial charge on any atom is -0.458 e. The molecule has 3 aliphatic rings. The van der Waals surface area contributed by atoms with Gasteiger partial charge >= 0.3 is 0 Å². The van der Waals surface area contributed by atoms with Gasteiger partial charge in [0, 0.05) is 32.7 Å². The zero-order valence-electron chi connectivity index (χ0n) is 22.3. The Morgan fingerprint density at radius 1 is 0.581 bits per heavy atom. The van der Waals surface area contributed by atoms with Gasteiger partial charge in [0.1, 0.15) is 40.6 Å². The average Bonchev–Trinajstić information content (AvgIpc) is 3.39. The third-order valence-electron chi connectivity index (χ3n) is 8.44. The number of hydrogen-bond acceptors (Lipinski definition) is 7. The van der Waals surface area contributed by atoms with Crippen LogP contribution in [0.15, 0.2) is 97.1 Å². The summed E-state index contributed by atoms with van der Waals surface area (Å²) in [6.07, 6.45) is 0. The van der Waals surface area contributed by atoms with Gasteiger partial charge in [-0.1, -0.05) is 48.5 Å². The van der Waals surface area contributed by atoms with Crippen molar-refractivity contribution in [1.82, 2.24) is 19.5 Å². The van der Waals surface area contributed by atoms with Crippen LogP contribution in [0.4, 0.5) is 0 Å². The van der Waals surface area contributed by atoms with Crippen LogP contribution in [0.2, 0.25) is 0 Å². The summed E-state index contributed by atoms with van der Waals surface area (Å²) in [5, 5.41) is 12.1. The minimum absolute atomic E-state index is 0.0180. The Labute approximate surface area is 244 Å². The van der Waals surface area contributed by atoms with Gasteiger partial charge in [0.2, 0.25) is 11.8 Å². The Hall–Kier alpha value is -6.14. The fourth-order valence-electron chi connectivity index (χ4n) is 6.73. The van der Waals surface area contributed by atoms with E-state index < -0.39 is 0 Å². The second kappa shape index (κ2) is 7.99. The first-order valence-corrected chi connectivity index (χ1v) is 13.9. The lowest BCUT2D eigenvalue weighted by Gasteiger charge is -2.37. The molecule has 0 bridgehead atoms. The third-order valence-corrected chi connectivity index (χ3v) is 8.44. The highest BCUT2D eigenvalue weighted by Crippen LogP contribution is 2.43. The van der Waals surface area contributed by atoms with E-state index in [1.165, 1.54) is 0 Å². The molecule has 5 heterocycles. The lowest BCUT2D eigenvalue weighted by molar-refractivity contribution is 0.443. The molecule has 198 valence electrons. The predicted octanol–water partition coefficient (Wildman–Crippen LogP) is 5.34. The summed E-state index contributed by atoms with van der Waals surface area (Å²) in [6.45, 7) is -0.0890. The van der Waals surface area contributed by atoms with Crippen LogP contribution in [0, 0.1) is 11.3 Å². The maximum Gasteiger partial charge on any atom is 0.270 e. The molecule has 2 aromatic heterocycles. The predicted molar refractivity (Wildman–Crippen MR) is 162 cm³/mol. The van der Waals surface area contributed by atoms with Crippen molar-refractivity contribution in [3.8, 4) is 57.9 Å². The highest BCUT2D eigenvalue weighted by Gasteiger charge is 2.46. The van der Waals surface area contributed by atoms with Crippen molar-refractivity contribution >= 4 is 44.9 Å². The van der Waals surface area contributed by atoms with Crippen molar-refractivity contribution in [3.63, 3.8) is 0 Å². The van der Waals surface area contributed by atoms with Gasteiger partial charge in [-0.25, -0.2) is 0 Å². The molecular weight excluding hydrogens is 537 g/mol. The lowest BCUT2D eigenvalue weighted by Crippen LogP contribution is -2.59. The summed E-state index contributed by atoms with van der Waals surface area (Å²) >= 11 is 0. The number of nitrogens with zero attached hydrogens (tertiary/aromatic N) is 5. The van der Waals surface area contributed by atoms with E-state index >= 15 is 0 Å². The smallest absolute Gasteiger partial charge is 0.270 e. The van der Waals surface area contributed by atoms with Gasteiger partial charge in [0.05, 0.1) is 11.0 Å². The number of nitriles is 1. The van der Waals surface area contributed by atoms with E-state index in [0.29, 0.717) is 28.8 Å². The van der Waals surface area contributed by atoms with Crippen LogP contribution in [0.1, 0.15) is 5.82 Å². The van der Waals surface area contributed by atoms with Crippen molar-refractivity contribution in [2.45, 2.75) is 0 Å². The van der Waals surface area contributed by atoms with Crippen LogP contribution in [0.3, 0.4) is 0 Å². The highest BCUT2D eigenvalue weighted by molar-refractivity contribution is 6.99. The topological polar surface area (TPSA) is 95.1 Å². The van der Waals surface area contributed by atoms with Crippen LogP contribution >= 0.6 is 0 Å². The van der Waals surface area contributed by atoms with E-state index in [1.807, 2.05) is 89.5 Å². The summed E-state index contributed by atoms with van der Waals surface area (Å²) < 4.78 is 21.2. The fourth-order valence-corrected chi connectivity index (χ4v) is 6.73. The van der Waals surface area contributed by atoms with E-state index in [1.54, 1.807) is 0 Å². The maximum absolute atomic E-state index is 9.97.